The molecule has 1 aliphatic heterocycles. The molecule has 6 nitrogen and oxygen atoms in total. The molecule has 0 bridgehead atoms. The normalized spacial score (nSPS) is 17.6. The summed E-state index contributed by atoms with van der Waals surface area (Å²) in [6.45, 7) is 4.63. The van der Waals surface area contributed by atoms with E-state index in [1.54, 1.807) is 6.08 Å². The summed E-state index contributed by atoms with van der Waals surface area (Å²) in [5.41, 5.74) is 0.153. The van der Waals surface area contributed by atoms with E-state index in [2.05, 4.69) is 11.9 Å². The average Bonchev–Trinajstić information content (AvgIpc) is 3.15. The molecule has 1 amide bonds. The van der Waals surface area contributed by atoms with Crippen LogP contribution in [0.2, 0.25) is 0 Å². The minimum absolute atomic E-state index is 0.279. The van der Waals surface area contributed by atoms with Gasteiger partial charge in [0.2, 0.25) is 0 Å². The van der Waals surface area contributed by atoms with Crippen molar-refractivity contribution in [1.29, 1.82) is 0 Å². The maximum Gasteiger partial charge on any atom is 0.317 e. The van der Waals surface area contributed by atoms with Gasteiger partial charge in [0.25, 0.3) is 5.91 Å². The molecule has 1 heterocycles. The van der Waals surface area contributed by atoms with Gasteiger partial charge >= 0.3 is 5.97 Å². The van der Waals surface area contributed by atoms with Crippen molar-refractivity contribution in [2.45, 2.75) is 31.1 Å². The Hall–Kier alpha value is -2.50. The minimum Gasteiger partial charge on any atom is -0.486 e. The van der Waals surface area contributed by atoms with Crippen LogP contribution in [-0.4, -0.2) is 38.2 Å². The van der Waals surface area contributed by atoms with Gasteiger partial charge in [-0.15, -0.1) is 6.58 Å². The Morgan fingerprint density at radius 2 is 1.92 bits per heavy atom. The number of nitrogens with one attached hydrogen (secondary N) is 1. The van der Waals surface area contributed by atoms with Gasteiger partial charge in [0.05, 0.1) is 5.41 Å². The first kappa shape index (κ1) is 17.3. The van der Waals surface area contributed by atoms with Crippen LogP contribution < -0.4 is 14.8 Å². The molecule has 2 aliphatic rings. The number of carbonyl (C=O) groups excluding carboxylic acids is 2. The first-order valence-electron chi connectivity index (χ1n) is 8.61. The molecule has 25 heavy (non-hydrogen) atoms. The van der Waals surface area contributed by atoms with Crippen molar-refractivity contribution in [1.82, 2.24) is 5.32 Å². The third-order valence-corrected chi connectivity index (χ3v) is 4.72. The van der Waals surface area contributed by atoms with E-state index < -0.39 is 5.41 Å². The Balaban J connectivity index is 1.76. The highest BCUT2D eigenvalue weighted by Crippen LogP contribution is 2.45. The van der Waals surface area contributed by atoms with Crippen LogP contribution in [0.4, 0.5) is 0 Å². The van der Waals surface area contributed by atoms with Crippen LogP contribution in [0.25, 0.3) is 0 Å². The molecule has 1 saturated carbocycles. The van der Waals surface area contributed by atoms with Crippen molar-refractivity contribution in [2.24, 2.45) is 0 Å². The van der Waals surface area contributed by atoms with Crippen molar-refractivity contribution in [3.8, 4) is 11.5 Å². The molecule has 0 radical (unpaired) electrons. The number of rotatable bonds is 6. The monoisotopic (exact) mass is 345 g/mol. The van der Waals surface area contributed by atoms with Gasteiger partial charge in [0.15, 0.2) is 18.1 Å². The fraction of sp³-hybridized carbons (Fsp3) is 0.474. The molecule has 1 aromatic rings. The summed E-state index contributed by atoms with van der Waals surface area (Å²) < 4.78 is 16.5. The summed E-state index contributed by atoms with van der Waals surface area (Å²) in [5, 5.41) is 2.60. The Morgan fingerprint density at radius 3 is 2.64 bits per heavy atom. The quantitative estimate of drug-likeness (QED) is 0.631. The second kappa shape index (κ2) is 7.59. The second-order valence-corrected chi connectivity index (χ2v) is 6.32. The van der Waals surface area contributed by atoms with E-state index in [0.717, 1.165) is 18.4 Å². The van der Waals surface area contributed by atoms with Gasteiger partial charge in [-0.05, 0) is 30.5 Å². The van der Waals surface area contributed by atoms with Crippen molar-refractivity contribution in [3.05, 3.63) is 36.4 Å². The zero-order chi connectivity index (χ0) is 17.7. The fourth-order valence-corrected chi connectivity index (χ4v) is 3.44. The van der Waals surface area contributed by atoms with Crippen molar-refractivity contribution in [2.75, 3.05) is 26.4 Å². The first-order chi connectivity index (χ1) is 12.2. The second-order valence-electron chi connectivity index (χ2n) is 6.32. The smallest absolute Gasteiger partial charge is 0.317 e. The van der Waals surface area contributed by atoms with E-state index in [-0.39, 0.29) is 18.5 Å². The Kier molecular flexibility index (Phi) is 5.26. The molecular formula is C19H23NO5. The van der Waals surface area contributed by atoms with E-state index in [1.165, 1.54) is 0 Å². The van der Waals surface area contributed by atoms with E-state index in [1.807, 2.05) is 18.2 Å². The topological polar surface area (TPSA) is 73.9 Å². The summed E-state index contributed by atoms with van der Waals surface area (Å²) in [5.74, 6) is 0.672. The number of esters is 1. The average molecular weight is 345 g/mol. The number of ether oxygens (including phenoxy) is 3. The molecule has 1 aliphatic carbocycles. The SMILES string of the molecule is C=CCNC(=O)COC(=O)C1(c2ccc3c(c2)OCCO3)CCCC1. The highest BCUT2D eigenvalue weighted by Gasteiger charge is 2.44. The van der Waals surface area contributed by atoms with E-state index in [9.17, 15) is 9.59 Å². The largest absolute Gasteiger partial charge is 0.486 e. The number of benzene rings is 1. The molecule has 1 fully saturated rings. The predicted octanol–water partition coefficient (Wildman–Crippen LogP) is 2.11. The molecule has 0 spiro atoms. The van der Waals surface area contributed by atoms with Crippen molar-refractivity contribution >= 4 is 11.9 Å². The summed E-state index contributed by atoms with van der Waals surface area (Å²) >= 11 is 0. The lowest BCUT2D eigenvalue weighted by atomic mass is 9.78. The van der Waals surface area contributed by atoms with E-state index in [4.69, 9.17) is 14.2 Å². The molecule has 1 aromatic carbocycles. The Labute approximate surface area is 147 Å². The van der Waals surface area contributed by atoms with Crippen LogP contribution >= 0.6 is 0 Å². The number of carbonyl (C=O) groups is 2. The molecule has 134 valence electrons. The first-order valence-corrected chi connectivity index (χ1v) is 8.61. The number of hydrogen-bond donors (Lipinski definition) is 1. The van der Waals surface area contributed by atoms with E-state index >= 15 is 0 Å². The molecular weight excluding hydrogens is 322 g/mol. The van der Waals surface area contributed by atoms with Gasteiger partial charge in [0.1, 0.15) is 13.2 Å². The highest BCUT2D eigenvalue weighted by molar-refractivity contribution is 5.87. The van der Waals surface area contributed by atoms with Gasteiger partial charge in [0, 0.05) is 6.54 Å². The minimum atomic E-state index is -0.714. The van der Waals surface area contributed by atoms with Crippen LogP contribution in [0.15, 0.2) is 30.9 Å². The van der Waals surface area contributed by atoms with Crippen molar-refractivity contribution < 1.29 is 23.8 Å². The summed E-state index contributed by atoms with van der Waals surface area (Å²) in [7, 11) is 0. The molecule has 0 unspecified atom stereocenters. The molecule has 1 N–H and O–H groups in total. The lowest BCUT2D eigenvalue weighted by molar-refractivity contribution is -0.154. The molecule has 6 heteroatoms. The zero-order valence-corrected chi connectivity index (χ0v) is 14.2. The Bertz CT molecular complexity index is 664. The maximum atomic E-state index is 12.8. The summed E-state index contributed by atoms with van der Waals surface area (Å²) in [6, 6.07) is 5.62. The standard InChI is InChI=1S/C19H23NO5/c1-2-9-20-17(21)13-25-18(22)19(7-3-4-8-19)14-5-6-15-16(12-14)24-11-10-23-15/h2,5-6,12H,1,3-4,7-11,13H2,(H,20,21). The lowest BCUT2D eigenvalue weighted by Gasteiger charge is -2.28. The molecule has 0 aromatic heterocycles. The molecule has 0 atom stereocenters. The Morgan fingerprint density at radius 1 is 1.20 bits per heavy atom. The van der Waals surface area contributed by atoms with Gasteiger partial charge in [-0.2, -0.15) is 0 Å². The predicted molar refractivity (Wildman–Crippen MR) is 91.7 cm³/mol. The van der Waals surface area contributed by atoms with Crippen LogP contribution in [-0.2, 0) is 19.7 Å². The summed E-state index contributed by atoms with van der Waals surface area (Å²) in [4.78, 5) is 24.5. The highest BCUT2D eigenvalue weighted by atomic mass is 16.6. The van der Waals surface area contributed by atoms with Crippen molar-refractivity contribution in [3.63, 3.8) is 0 Å². The molecule has 3 rings (SSSR count). The zero-order valence-electron chi connectivity index (χ0n) is 14.2. The number of amides is 1. The number of hydrogen-bond acceptors (Lipinski definition) is 5. The van der Waals surface area contributed by atoms with E-state index in [0.29, 0.717) is 44.1 Å². The van der Waals surface area contributed by atoms with Gasteiger partial charge in [-0.1, -0.05) is 25.0 Å². The van der Waals surface area contributed by atoms with Crippen LogP contribution in [0.3, 0.4) is 0 Å². The number of fused-ring (bicyclic) bond motifs is 1. The third kappa shape index (κ3) is 3.62. The third-order valence-electron chi connectivity index (χ3n) is 4.72. The van der Waals surface area contributed by atoms with Crippen LogP contribution in [0.1, 0.15) is 31.2 Å². The van der Waals surface area contributed by atoms with Crippen LogP contribution in [0.5, 0.6) is 11.5 Å². The maximum absolute atomic E-state index is 12.8. The van der Waals surface area contributed by atoms with Gasteiger partial charge in [-0.25, -0.2) is 0 Å². The molecule has 0 saturated heterocycles. The van der Waals surface area contributed by atoms with Gasteiger partial charge < -0.3 is 19.5 Å². The summed E-state index contributed by atoms with van der Waals surface area (Å²) in [6.07, 6.45) is 4.89. The van der Waals surface area contributed by atoms with Crippen LogP contribution in [0, 0.1) is 0 Å². The lowest BCUT2D eigenvalue weighted by Crippen LogP contribution is -2.38. The van der Waals surface area contributed by atoms with Gasteiger partial charge in [-0.3, -0.25) is 9.59 Å². The fourth-order valence-electron chi connectivity index (χ4n) is 3.44.